The third-order valence-corrected chi connectivity index (χ3v) is 6.39. The predicted octanol–water partition coefficient (Wildman–Crippen LogP) is 6.38. The third-order valence-electron chi connectivity index (χ3n) is 6.14. The maximum atomic E-state index is 13.8. The molecule has 0 fully saturated rings. The van der Waals surface area contributed by atoms with Crippen LogP contribution in [-0.4, -0.2) is 23.9 Å². The van der Waals surface area contributed by atoms with Crippen LogP contribution in [0, 0.1) is 0 Å². The first-order chi connectivity index (χ1) is 18.6. The first kappa shape index (κ1) is 27.0. The number of hydrogen-bond donors (Lipinski definition) is 1. The molecule has 0 radical (unpaired) electrons. The molecule has 0 bridgehead atoms. The first-order valence-corrected chi connectivity index (χ1v) is 13.0. The molecule has 0 atom stereocenters. The van der Waals surface area contributed by atoms with Crippen molar-refractivity contribution in [3.63, 3.8) is 0 Å². The highest BCUT2D eigenvalue weighted by Crippen LogP contribution is 2.31. The second-order valence-corrected chi connectivity index (χ2v) is 9.25. The predicted molar refractivity (Wildman–Crippen MR) is 152 cm³/mol. The highest BCUT2D eigenvalue weighted by molar-refractivity contribution is 6.30. The number of rotatable bonds is 12. The van der Waals surface area contributed by atoms with E-state index >= 15 is 0 Å². The normalized spacial score (nSPS) is 10.6. The summed E-state index contributed by atoms with van der Waals surface area (Å²) >= 11 is 6.10. The number of carbonyl (C=O) groups is 1. The van der Waals surface area contributed by atoms with Crippen molar-refractivity contribution in [2.24, 2.45) is 0 Å². The molecule has 0 aliphatic heterocycles. The molecular weight excluding hydrogens is 496 g/mol. The van der Waals surface area contributed by atoms with Crippen LogP contribution in [0.25, 0.3) is 11.1 Å². The number of amides is 1. The van der Waals surface area contributed by atoms with E-state index in [9.17, 15) is 4.79 Å². The molecule has 3 N–H and O–H groups in total. The lowest BCUT2D eigenvalue weighted by atomic mass is 9.99. The Balaban J connectivity index is 1.58. The van der Waals surface area contributed by atoms with E-state index in [0.717, 1.165) is 35.2 Å². The summed E-state index contributed by atoms with van der Waals surface area (Å²) in [4.78, 5) is 15.6. The van der Waals surface area contributed by atoms with Gasteiger partial charge in [0.1, 0.15) is 6.61 Å². The smallest absolute Gasteiger partial charge is 0.254 e. The molecule has 4 aromatic rings. The molecule has 0 saturated carbocycles. The average Bonchev–Trinajstić information content (AvgIpc) is 2.95. The standard InChI is InChI=1S/C32H31ClN2O3/c1-2-37-31-21-26(15-18-30(31)38-23-24-9-4-3-5-10-24)32(36)35(20-8-19-34)22-27-11-6-7-12-29(27)25-13-16-28(33)17-14-25/h2-7,9-18,21H,1,8,19-20,22-23,34H2/p+1. The van der Waals surface area contributed by atoms with Gasteiger partial charge < -0.3 is 20.1 Å². The van der Waals surface area contributed by atoms with E-state index in [1.54, 1.807) is 18.2 Å². The Hall–Kier alpha value is -4.06. The zero-order valence-electron chi connectivity index (χ0n) is 21.3. The van der Waals surface area contributed by atoms with Crippen molar-refractivity contribution in [2.45, 2.75) is 19.6 Å². The van der Waals surface area contributed by atoms with Crippen LogP contribution in [0.3, 0.4) is 0 Å². The van der Waals surface area contributed by atoms with Crippen molar-refractivity contribution >= 4 is 17.5 Å². The fraction of sp³-hybridized carbons (Fsp3) is 0.156. The quantitative estimate of drug-likeness (QED) is 0.217. The summed E-state index contributed by atoms with van der Waals surface area (Å²) in [7, 11) is 0. The lowest BCUT2D eigenvalue weighted by Gasteiger charge is -2.24. The van der Waals surface area contributed by atoms with Crippen LogP contribution in [0.15, 0.2) is 110 Å². The lowest BCUT2D eigenvalue weighted by molar-refractivity contribution is -0.368. The van der Waals surface area contributed by atoms with E-state index in [0.29, 0.717) is 41.8 Å². The Morgan fingerprint density at radius 1 is 0.921 bits per heavy atom. The molecule has 4 rings (SSSR count). The SMILES string of the molecule is C=COc1cc(C(=O)N(CCC[NH3+])Cc2ccccc2-c2ccc(Cl)cc2)ccc1OCc1ccccc1. The van der Waals surface area contributed by atoms with Crippen molar-refractivity contribution in [3.8, 4) is 22.6 Å². The Morgan fingerprint density at radius 2 is 1.66 bits per heavy atom. The van der Waals surface area contributed by atoms with Gasteiger partial charge in [-0.2, -0.15) is 0 Å². The number of carbonyl (C=O) groups excluding carboxylic acids is 1. The number of hydrogen-bond acceptors (Lipinski definition) is 3. The zero-order valence-corrected chi connectivity index (χ0v) is 22.1. The fourth-order valence-electron chi connectivity index (χ4n) is 4.19. The second kappa shape index (κ2) is 13.5. The van der Waals surface area contributed by atoms with Crippen LogP contribution in [0.2, 0.25) is 5.02 Å². The summed E-state index contributed by atoms with van der Waals surface area (Å²) in [6, 6.07) is 31.0. The van der Waals surface area contributed by atoms with Gasteiger partial charge >= 0.3 is 0 Å². The van der Waals surface area contributed by atoms with Crippen LogP contribution in [0.4, 0.5) is 0 Å². The highest BCUT2D eigenvalue weighted by Gasteiger charge is 2.20. The minimum absolute atomic E-state index is 0.0899. The lowest BCUT2D eigenvalue weighted by Crippen LogP contribution is -2.51. The second-order valence-electron chi connectivity index (χ2n) is 8.82. The van der Waals surface area contributed by atoms with Crippen molar-refractivity contribution in [2.75, 3.05) is 13.1 Å². The Morgan fingerprint density at radius 3 is 2.39 bits per heavy atom. The molecule has 0 heterocycles. The van der Waals surface area contributed by atoms with Gasteiger partial charge in [-0.05, 0) is 52.6 Å². The van der Waals surface area contributed by atoms with Gasteiger partial charge in [-0.1, -0.05) is 84.9 Å². The largest absolute Gasteiger partial charge is 0.485 e. The molecule has 6 heteroatoms. The van der Waals surface area contributed by atoms with Gasteiger partial charge in [-0.15, -0.1) is 0 Å². The average molecular weight is 528 g/mol. The number of ether oxygens (including phenoxy) is 2. The molecule has 4 aromatic carbocycles. The molecule has 5 nitrogen and oxygen atoms in total. The molecule has 194 valence electrons. The van der Waals surface area contributed by atoms with Crippen LogP contribution in [0.5, 0.6) is 11.5 Å². The topological polar surface area (TPSA) is 66.4 Å². The van der Waals surface area contributed by atoms with Gasteiger partial charge in [0.05, 0.1) is 12.8 Å². The number of benzene rings is 4. The van der Waals surface area contributed by atoms with E-state index in [1.165, 1.54) is 6.26 Å². The van der Waals surface area contributed by atoms with Gasteiger partial charge in [-0.25, -0.2) is 0 Å². The molecular formula is C32H32ClN2O3+. The summed E-state index contributed by atoms with van der Waals surface area (Å²) in [5.74, 6) is 0.899. The van der Waals surface area contributed by atoms with E-state index in [-0.39, 0.29) is 5.91 Å². The van der Waals surface area contributed by atoms with Gasteiger partial charge in [0, 0.05) is 30.1 Å². The zero-order chi connectivity index (χ0) is 26.7. The van der Waals surface area contributed by atoms with E-state index < -0.39 is 0 Å². The summed E-state index contributed by atoms with van der Waals surface area (Å²) in [5, 5.41) is 0.687. The Labute approximate surface area is 229 Å². The highest BCUT2D eigenvalue weighted by atomic mass is 35.5. The van der Waals surface area contributed by atoms with Crippen LogP contribution >= 0.6 is 11.6 Å². The summed E-state index contributed by atoms with van der Waals surface area (Å²) in [6.45, 7) is 5.84. The van der Waals surface area contributed by atoms with Gasteiger partial charge in [0.2, 0.25) is 0 Å². The van der Waals surface area contributed by atoms with Crippen molar-refractivity contribution in [3.05, 3.63) is 132 Å². The summed E-state index contributed by atoms with van der Waals surface area (Å²) < 4.78 is 11.6. The minimum atomic E-state index is -0.0899. The Kier molecular flexibility index (Phi) is 9.57. The molecule has 0 saturated heterocycles. The summed E-state index contributed by atoms with van der Waals surface area (Å²) in [6.07, 6.45) is 2.13. The number of quaternary nitrogens is 1. The van der Waals surface area contributed by atoms with Gasteiger partial charge in [-0.3, -0.25) is 4.79 Å². The molecule has 0 aliphatic carbocycles. The van der Waals surface area contributed by atoms with E-state index in [2.05, 4.69) is 24.4 Å². The maximum absolute atomic E-state index is 13.8. The summed E-state index contributed by atoms with van der Waals surface area (Å²) in [5.41, 5.74) is 8.69. The molecule has 0 unspecified atom stereocenters. The monoisotopic (exact) mass is 527 g/mol. The van der Waals surface area contributed by atoms with Gasteiger partial charge in [0.15, 0.2) is 11.5 Å². The van der Waals surface area contributed by atoms with Crippen molar-refractivity contribution in [1.29, 1.82) is 0 Å². The van der Waals surface area contributed by atoms with E-state index in [4.69, 9.17) is 21.1 Å². The molecule has 38 heavy (non-hydrogen) atoms. The molecule has 0 spiro atoms. The molecule has 0 aliphatic rings. The molecule has 0 aromatic heterocycles. The fourth-order valence-corrected chi connectivity index (χ4v) is 4.32. The van der Waals surface area contributed by atoms with Crippen molar-refractivity contribution in [1.82, 2.24) is 4.90 Å². The van der Waals surface area contributed by atoms with Crippen molar-refractivity contribution < 1.29 is 20.0 Å². The Bertz CT molecular complexity index is 1360. The maximum Gasteiger partial charge on any atom is 0.254 e. The van der Waals surface area contributed by atoms with Crippen LogP contribution in [0.1, 0.15) is 27.9 Å². The minimum Gasteiger partial charge on any atom is -0.485 e. The first-order valence-electron chi connectivity index (χ1n) is 12.6. The van der Waals surface area contributed by atoms with Crippen LogP contribution in [-0.2, 0) is 13.2 Å². The van der Waals surface area contributed by atoms with Crippen LogP contribution < -0.4 is 15.2 Å². The third kappa shape index (κ3) is 7.03. The van der Waals surface area contributed by atoms with E-state index in [1.807, 2.05) is 71.6 Å². The number of halogens is 1. The molecule has 1 amide bonds. The van der Waals surface area contributed by atoms with Gasteiger partial charge in [0.25, 0.3) is 5.91 Å². The number of nitrogens with zero attached hydrogens (tertiary/aromatic N) is 1.